The van der Waals surface area contributed by atoms with Crippen LogP contribution >= 0.6 is 46.4 Å². The molecule has 1 unspecified atom stereocenters. The number of carbonyl (C=O) groups is 3. The Hall–Kier alpha value is -1.99. The van der Waals surface area contributed by atoms with Crippen LogP contribution in [0.25, 0.3) is 0 Å². The van der Waals surface area contributed by atoms with Crippen molar-refractivity contribution < 1.29 is 28.6 Å². The lowest BCUT2D eigenvalue weighted by Gasteiger charge is -2.10. The van der Waals surface area contributed by atoms with Gasteiger partial charge in [-0.25, -0.2) is 0 Å². The van der Waals surface area contributed by atoms with Gasteiger partial charge in [-0.2, -0.15) is 0 Å². The average Bonchev–Trinajstić information content (AvgIpc) is 3.03. The van der Waals surface area contributed by atoms with E-state index in [1.54, 1.807) is 12.1 Å². The zero-order chi connectivity index (χ0) is 23.4. The van der Waals surface area contributed by atoms with Gasteiger partial charge in [0.2, 0.25) is 0 Å². The number of carbonyl (C=O) groups excluding carboxylic acids is 3. The topological polar surface area (TPSA) is 78.9 Å². The number of ether oxygens (including phenoxy) is 3. The lowest BCUT2D eigenvalue weighted by Crippen LogP contribution is -2.25. The van der Waals surface area contributed by atoms with Crippen molar-refractivity contribution >= 4 is 63.9 Å². The molecule has 0 N–H and O–H groups in total. The van der Waals surface area contributed by atoms with Gasteiger partial charge in [0.15, 0.2) is 11.6 Å². The van der Waals surface area contributed by atoms with Gasteiger partial charge in [0, 0.05) is 25.0 Å². The van der Waals surface area contributed by atoms with Crippen LogP contribution in [0.5, 0.6) is 11.5 Å². The highest BCUT2D eigenvalue weighted by Crippen LogP contribution is 2.35. The van der Waals surface area contributed by atoms with Crippen molar-refractivity contribution in [1.82, 2.24) is 0 Å². The lowest BCUT2D eigenvalue weighted by molar-refractivity contribution is -0.143. The Kier molecular flexibility index (Phi) is 8.28. The summed E-state index contributed by atoms with van der Waals surface area (Å²) in [6.07, 6.45) is 1.52. The average molecular weight is 520 g/mol. The number of methoxy groups -OCH3 is 1. The van der Waals surface area contributed by atoms with Crippen LogP contribution in [0.3, 0.4) is 0 Å². The first-order valence-corrected chi connectivity index (χ1v) is 11.1. The summed E-state index contributed by atoms with van der Waals surface area (Å²) in [7, 11) is 1.25. The maximum Gasteiger partial charge on any atom is 0.316 e. The second-order valence-electron chi connectivity index (χ2n) is 6.98. The Morgan fingerprint density at radius 2 is 1.41 bits per heavy atom. The van der Waals surface area contributed by atoms with Gasteiger partial charge in [0.25, 0.3) is 0 Å². The van der Waals surface area contributed by atoms with Gasteiger partial charge in [-0.3, -0.25) is 14.4 Å². The molecule has 2 aliphatic rings. The van der Waals surface area contributed by atoms with Crippen molar-refractivity contribution in [3.63, 3.8) is 0 Å². The van der Waals surface area contributed by atoms with Crippen molar-refractivity contribution in [2.75, 3.05) is 20.3 Å². The van der Waals surface area contributed by atoms with Gasteiger partial charge in [-0.05, 0) is 18.6 Å². The predicted molar refractivity (Wildman–Crippen MR) is 122 cm³/mol. The van der Waals surface area contributed by atoms with E-state index < -0.39 is 11.9 Å². The summed E-state index contributed by atoms with van der Waals surface area (Å²) in [5.41, 5.74) is 0.800. The molecule has 1 atom stereocenters. The van der Waals surface area contributed by atoms with Crippen LogP contribution in [0.1, 0.15) is 40.0 Å². The third-order valence-electron chi connectivity index (χ3n) is 4.88. The first-order chi connectivity index (χ1) is 15.2. The molecule has 0 amide bonds. The van der Waals surface area contributed by atoms with E-state index in [1.807, 2.05) is 0 Å². The molecule has 0 spiro atoms. The van der Waals surface area contributed by atoms with Crippen molar-refractivity contribution in [2.45, 2.75) is 19.3 Å². The van der Waals surface area contributed by atoms with E-state index in [1.165, 1.54) is 19.2 Å². The molecule has 170 valence electrons. The van der Waals surface area contributed by atoms with Crippen molar-refractivity contribution in [1.29, 1.82) is 0 Å². The molecule has 0 fully saturated rings. The quantitative estimate of drug-likeness (QED) is 0.334. The summed E-state index contributed by atoms with van der Waals surface area (Å²) >= 11 is 23.4. The molecule has 2 heterocycles. The molecule has 2 aliphatic heterocycles. The molecular formula is C22H18Cl4O6. The number of benzene rings is 2. The Bertz CT molecular complexity index is 1070. The Balaban J connectivity index is 0.000000186. The minimum Gasteiger partial charge on any atom is -0.493 e. The minimum atomic E-state index is -0.853. The number of fused-ring (bicyclic) bond motifs is 2. The van der Waals surface area contributed by atoms with Crippen LogP contribution in [-0.2, 0) is 9.53 Å². The highest BCUT2D eigenvalue weighted by atomic mass is 35.5. The highest BCUT2D eigenvalue weighted by Gasteiger charge is 2.33. The summed E-state index contributed by atoms with van der Waals surface area (Å²) in [5, 5.41) is 1.36. The van der Waals surface area contributed by atoms with Gasteiger partial charge in [-0.1, -0.05) is 46.4 Å². The fourth-order valence-electron chi connectivity index (χ4n) is 3.23. The number of Topliss-reactive ketones (excluding diaryl/α,β-unsaturated/α-hetero) is 2. The standard InChI is InChI=1S/C12H10Cl2O4.C10H8Cl2O2/c1-17-12(16)6-2-3-18-10-5-9(14)8(13)4-7(10)11(6)15;11-7-4-6-9(13)2-1-3-14-10(6)5-8(7)12/h4-6H,2-3H2,1H3;4-5H,1-3H2. The molecule has 0 aromatic heterocycles. The normalized spacial score (nSPS) is 17.3. The second kappa shape index (κ2) is 10.8. The minimum absolute atomic E-state index is 0.0658. The first kappa shape index (κ1) is 24.6. The molecule has 6 nitrogen and oxygen atoms in total. The third-order valence-corrected chi connectivity index (χ3v) is 6.33. The molecule has 10 heteroatoms. The number of rotatable bonds is 1. The molecule has 0 bridgehead atoms. The largest absolute Gasteiger partial charge is 0.493 e. The monoisotopic (exact) mass is 518 g/mol. The number of esters is 1. The zero-order valence-electron chi connectivity index (χ0n) is 16.9. The Labute approximate surface area is 204 Å². The fraction of sp³-hybridized carbons (Fsp3) is 0.318. The number of hydrogen-bond donors (Lipinski definition) is 0. The van der Waals surface area contributed by atoms with Crippen LogP contribution in [0.2, 0.25) is 20.1 Å². The van der Waals surface area contributed by atoms with Crippen LogP contribution < -0.4 is 9.47 Å². The zero-order valence-corrected chi connectivity index (χ0v) is 19.9. The van der Waals surface area contributed by atoms with Gasteiger partial charge < -0.3 is 14.2 Å². The second-order valence-corrected chi connectivity index (χ2v) is 8.61. The molecule has 0 aliphatic carbocycles. The van der Waals surface area contributed by atoms with Crippen molar-refractivity contribution in [3.05, 3.63) is 55.5 Å². The van der Waals surface area contributed by atoms with Gasteiger partial charge in [0.1, 0.15) is 17.4 Å². The number of ketones is 2. The maximum atomic E-state index is 12.2. The summed E-state index contributed by atoms with van der Waals surface area (Å²) in [6.45, 7) is 0.799. The summed E-state index contributed by atoms with van der Waals surface area (Å²) in [4.78, 5) is 35.3. The molecule has 4 rings (SSSR count). The van der Waals surface area contributed by atoms with Crippen LogP contribution in [0.15, 0.2) is 24.3 Å². The third kappa shape index (κ3) is 5.49. The highest BCUT2D eigenvalue weighted by molar-refractivity contribution is 6.43. The molecular weight excluding hydrogens is 502 g/mol. The van der Waals surface area contributed by atoms with Gasteiger partial charge in [0.05, 0.1) is 51.5 Å². The maximum absolute atomic E-state index is 12.2. The first-order valence-electron chi connectivity index (χ1n) is 9.61. The fourth-order valence-corrected chi connectivity index (χ4v) is 3.86. The van der Waals surface area contributed by atoms with E-state index in [2.05, 4.69) is 4.74 Å². The van der Waals surface area contributed by atoms with E-state index in [0.29, 0.717) is 45.2 Å². The van der Waals surface area contributed by atoms with Gasteiger partial charge in [-0.15, -0.1) is 0 Å². The summed E-state index contributed by atoms with van der Waals surface area (Å²) in [5.74, 6) is -0.817. The van der Waals surface area contributed by atoms with E-state index >= 15 is 0 Å². The Morgan fingerprint density at radius 3 is 2.03 bits per heavy atom. The molecule has 2 aromatic carbocycles. The SMILES string of the molecule is COC(=O)C1CCOc2cc(Cl)c(Cl)cc2C1=O.O=C1CCCOc2cc(Cl)c(Cl)cc21. The van der Waals surface area contributed by atoms with E-state index in [9.17, 15) is 14.4 Å². The van der Waals surface area contributed by atoms with Crippen LogP contribution in [-0.4, -0.2) is 37.9 Å². The predicted octanol–water partition coefficient (Wildman–Crippen LogP) is 6.10. The molecule has 32 heavy (non-hydrogen) atoms. The summed E-state index contributed by atoms with van der Waals surface area (Å²) in [6, 6.07) is 6.08. The smallest absolute Gasteiger partial charge is 0.316 e. The molecule has 0 radical (unpaired) electrons. The molecule has 0 saturated heterocycles. The van der Waals surface area contributed by atoms with E-state index in [0.717, 1.165) is 6.42 Å². The van der Waals surface area contributed by atoms with Crippen molar-refractivity contribution in [3.8, 4) is 11.5 Å². The van der Waals surface area contributed by atoms with Crippen LogP contribution in [0, 0.1) is 5.92 Å². The van der Waals surface area contributed by atoms with Crippen LogP contribution in [0.4, 0.5) is 0 Å². The lowest BCUT2D eigenvalue weighted by atomic mass is 9.95. The number of hydrogen-bond acceptors (Lipinski definition) is 6. The van der Waals surface area contributed by atoms with Gasteiger partial charge >= 0.3 is 5.97 Å². The summed E-state index contributed by atoms with van der Waals surface area (Å²) < 4.78 is 15.4. The molecule has 2 aromatic rings. The van der Waals surface area contributed by atoms with E-state index in [-0.39, 0.29) is 35.2 Å². The number of halogens is 4. The van der Waals surface area contributed by atoms with E-state index in [4.69, 9.17) is 55.9 Å². The van der Waals surface area contributed by atoms with Crippen molar-refractivity contribution in [2.24, 2.45) is 5.92 Å². The molecule has 0 saturated carbocycles. The Morgan fingerprint density at radius 1 is 0.875 bits per heavy atom.